The second-order valence-corrected chi connectivity index (χ2v) is 6.98. The number of halogens is 1. The van der Waals surface area contributed by atoms with Gasteiger partial charge in [-0.15, -0.1) is 0 Å². The van der Waals surface area contributed by atoms with E-state index in [9.17, 15) is 4.79 Å². The third kappa shape index (κ3) is 3.60. The van der Waals surface area contributed by atoms with Gasteiger partial charge < -0.3 is 11.1 Å². The number of ketones is 1. The molecule has 23 heavy (non-hydrogen) atoms. The van der Waals surface area contributed by atoms with Crippen molar-refractivity contribution in [3.63, 3.8) is 0 Å². The summed E-state index contributed by atoms with van der Waals surface area (Å²) in [4.78, 5) is 17.3. The van der Waals surface area contributed by atoms with Gasteiger partial charge in [-0.1, -0.05) is 57.1 Å². The summed E-state index contributed by atoms with van der Waals surface area (Å²) in [7, 11) is 0. The zero-order chi connectivity index (χ0) is 16.4. The highest BCUT2D eigenvalue weighted by Crippen LogP contribution is 2.30. The molecule has 1 aromatic heterocycles. The molecule has 3 N–H and O–H groups in total. The van der Waals surface area contributed by atoms with Crippen LogP contribution in [-0.4, -0.2) is 10.8 Å². The number of rotatable bonds is 4. The third-order valence-electron chi connectivity index (χ3n) is 3.25. The van der Waals surface area contributed by atoms with E-state index in [0.29, 0.717) is 15.6 Å². The molecule has 0 unspecified atom stereocenters. The number of hydrogen-bond donors (Lipinski definition) is 2. The van der Waals surface area contributed by atoms with Gasteiger partial charge in [-0.3, -0.25) is 4.79 Å². The van der Waals surface area contributed by atoms with Crippen molar-refractivity contribution in [2.24, 2.45) is 0 Å². The molecule has 0 aliphatic rings. The maximum atomic E-state index is 12.6. The first kappa shape index (κ1) is 15.7. The SMILES string of the molecule is Cc1ccc(Nc2nc(N)c(C(=O)c3cccc(Br)c3)s2)cc1. The number of aromatic nitrogens is 1. The highest BCUT2D eigenvalue weighted by Gasteiger charge is 2.18. The largest absolute Gasteiger partial charge is 0.382 e. The summed E-state index contributed by atoms with van der Waals surface area (Å²) in [5.41, 5.74) is 8.59. The molecule has 3 aromatic rings. The van der Waals surface area contributed by atoms with Crippen LogP contribution in [-0.2, 0) is 0 Å². The maximum Gasteiger partial charge on any atom is 0.206 e. The molecular weight excluding hydrogens is 374 g/mol. The number of nitrogen functional groups attached to an aromatic ring is 1. The topological polar surface area (TPSA) is 68.0 Å². The molecule has 0 fully saturated rings. The van der Waals surface area contributed by atoms with Gasteiger partial charge in [-0.2, -0.15) is 0 Å². The van der Waals surface area contributed by atoms with E-state index in [1.54, 1.807) is 12.1 Å². The third-order valence-corrected chi connectivity index (χ3v) is 4.73. The fourth-order valence-electron chi connectivity index (χ4n) is 2.07. The lowest BCUT2D eigenvalue weighted by molar-refractivity contribution is 0.104. The molecule has 0 aliphatic carbocycles. The van der Waals surface area contributed by atoms with Crippen LogP contribution in [0.5, 0.6) is 0 Å². The Morgan fingerprint density at radius 1 is 1.22 bits per heavy atom. The predicted octanol–water partition coefficient (Wildman–Crippen LogP) is 4.77. The fourth-order valence-corrected chi connectivity index (χ4v) is 3.34. The molecule has 0 aliphatic heterocycles. The van der Waals surface area contributed by atoms with Crippen molar-refractivity contribution in [1.82, 2.24) is 4.98 Å². The summed E-state index contributed by atoms with van der Waals surface area (Å²) >= 11 is 4.62. The number of hydrogen-bond acceptors (Lipinski definition) is 5. The van der Waals surface area contributed by atoms with E-state index >= 15 is 0 Å². The molecular formula is C17H14BrN3OS. The van der Waals surface area contributed by atoms with Crippen molar-refractivity contribution in [2.75, 3.05) is 11.1 Å². The average molecular weight is 388 g/mol. The predicted molar refractivity (Wildman–Crippen MR) is 98.6 cm³/mol. The Hall–Kier alpha value is -2.18. The van der Waals surface area contributed by atoms with E-state index in [1.807, 2.05) is 43.3 Å². The van der Waals surface area contributed by atoms with Crippen LogP contribution in [0.25, 0.3) is 0 Å². The van der Waals surface area contributed by atoms with E-state index in [-0.39, 0.29) is 11.6 Å². The van der Waals surface area contributed by atoms with Crippen molar-refractivity contribution in [3.8, 4) is 0 Å². The van der Waals surface area contributed by atoms with Gasteiger partial charge >= 0.3 is 0 Å². The Kier molecular flexibility index (Phi) is 4.45. The van der Waals surface area contributed by atoms with Crippen molar-refractivity contribution in [1.29, 1.82) is 0 Å². The lowest BCUT2D eigenvalue weighted by Crippen LogP contribution is -2.02. The molecule has 0 saturated heterocycles. The Labute approximate surface area is 146 Å². The van der Waals surface area contributed by atoms with Gasteiger partial charge in [-0.25, -0.2) is 4.98 Å². The molecule has 0 spiro atoms. The van der Waals surface area contributed by atoms with Crippen LogP contribution in [0.1, 0.15) is 20.8 Å². The molecule has 3 rings (SSSR count). The number of benzene rings is 2. The summed E-state index contributed by atoms with van der Waals surface area (Å²) in [6.45, 7) is 2.03. The lowest BCUT2D eigenvalue weighted by atomic mass is 10.1. The molecule has 0 atom stereocenters. The first-order valence-corrected chi connectivity index (χ1v) is 8.54. The van der Waals surface area contributed by atoms with Gasteiger partial charge in [0.15, 0.2) is 5.13 Å². The van der Waals surface area contributed by atoms with Crippen LogP contribution in [0.3, 0.4) is 0 Å². The van der Waals surface area contributed by atoms with Gasteiger partial charge in [-0.05, 0) is 31.2 Å². The second kappa shape index (κ2) is 6.52. The molecule has 0 bridgehead atoms. The van der Waals surface area contributed by atoms with Crippen LogP contribution >= 0.6 is 27.3 Å². The van der Waals surface area contributed by atoms with Gasteiger partial charge in [0.25, 0.3) is 0 Å². The first-order chi connectivity index (χ1) is 11.0. The summed E-state index contributed by atoms with van der Waals surface area (Å²) < 4.78 is 0.851. The number of thiazole rings is 1. The molecule has 116 valence electrons. The standard InChI is InChI=1S/C17H14BrN3OS/c1-10-5-7-13(8-6-10)20-17-21-16(19)15(23-17)14(22)11-3-2-4-12(18)9-11/h2-9H,19H2,1H3,(H,20,21). The Morgan fingerprint density at radius 2 is 1.96 bits per heavy atom. The van der Waals surface area contributed by atoms with Crippen molar-refractivity contribution < 1.29 is 4.79 Å². The Morgan fingerprint density at radius 3 is 2.65 bits per heavy atom. The number of nitrogens with two attached hydrogens (primary N) is 1. The monoisotopic (exact) mass is 387 g/mol. The minimum absolute atomic E-state index is 0.127. The Balaban J connectivity index is 1.86. The van der Waals surface area contributed by atoms with Crippen LogP contribution in [0.4, 0.5) is 16.6 Å². The van der Waals surface area contributed by atoms with Gasteiger partial charge in [0.2, 0.25) is 5.78 Å². The molecule has 0 radical (unpaired) electrons. The minimum Gasteiger partial charge on any atom is -0.382 e. The number of nitrogens with zero attached hydrogens (tertiary/aromatic N) is 1. The molecule has 0 saturated carbocycles. The second-order valence-electron chi connectivity index (χ2n) is 5.06. The van der Waals surface area contributed by atoms with Crippen LogP contribution < -0.4 is 11.1 Å². The lowest BCUT2D eigenvalue weighted by Gasteiger charge is -2.02. The quantitative estimate of drug-likeness (QED) is 0.632. The highest BCUT2D eigenvalue weighted by molar-refractivity contribution is 9.10. The van der Waals surface area contributed by atoms with E-state index in [0.717, 1.165) is 10.2 Å². The number of anilines is 3. The maximum absolute atomic E-state index is 12.6. The number of aryl methyl sites for hydroxylation is 1. The smallest absolute Gasteiger partial charge is 0.206 e. The number of carbonyl (C=O) groups is 1. The molecule has 2 aromatic carbocycles. The fraction of sp³-hybridized carbons (Fsp3) is 0.0588. The summed E-state index contributed by atoms with van der Waals surface area (Å²) in [6, 6.07) is 15.2. The van der Waals surface area contributed by atoms with Gasteiger partial charge in [0, 0.05) is 15.7 Å². The van der Waals surface area contributed by atoms with Crippen molar-refractivity contribution >= 4 is 49.7 Å². The van der Waals surface area contributed by atoms with E-state index < -0.39 is 0 Å². The van der Waals surface area contributed by atoms with Crippen molar-refractivity contribution in [3.05, 3.63) is 69.0 Å². The molecule has 1 heterocycles. The van der Waals surface area contributed by atoms with E-state index in [4.69, 9.17) is 5.73 Å². The summed E-state index contributed by atoms with van der Waals surface area (Å²) in [6.07, 6.45) is 0. The zero-order valence-corrected chi connectivity index (χ0v) is 14.7. The highest BCUT2D eigenvalue weighted by atomic mass is 79.9. The minimum atomic E-state index is -0.127. The summed E-state index contributed by atoms with van der Waals surface area (Å²) in [5, 5.41) is 3.78. The van der Waals surface area contributed by atoms with Crippen LogP contribution in [0.2, 0.25) is 0 Å². The average Bonchev–Trinajstić information content (AvgIpc) is 2.89. The van der Waals surface area contributed by atoms with Crippen LogP contribution in [0, 0.1) is 6.92 Å². The Bertz CT molecular complexity index is 859. The zero-order valence-electron chi connectivity index (χ0n) is 12.3. The van der Waals surface area contributed by atoms with E-state index in [1.165, 1.54) is 16.9 Å². The summed E-state index contributed by atoms with van der Waals surface area (Å²) in [5.74, 6) is 0.118. The molecule has 0 amide bonds. The number of nitrogens with one attached hydrogen (secondary N) is 1. The van der Waals surface area contributed by atoms with Gasteiger partial charge in [0.1, 0.15) is 10.7 Å². The van der Waals surface area contributed by atoms with Gasteiger partial charge in [0.05, 0.1) is 0 Å². The molecule has 4 nitrogen and oxygen atoms in total. The van der Waals surface area contributed by atoms with E-state index in [2.05, 4.69) is 26.2 Å². The first-order valence-electron chi connectivity index (χ1n) is 6.93. The van der Waals surface area contributed by atoms with Crippen LogP contribution in [0.15, 0.2) is 53.0 Å². The number of carbonyl (C=O) groups excluding carboxylic acids is 1. The normalized spacial score (nSPS) is 10.5. The van der Waals surface area contributed by atoms with Crippen molar-refractivity contribution in [2.45, 2.75) is 6.92 Å². The molecule has 6 heteroatoms.